The fourth-order valence-electron chi connectivity index (χ4n) is 2.74. The molecular formula is C21H16I2N2O6. The molecule has 0 atom stereocenters. The number of carbonyl (C=O) groups is 4. The van der Waals surface area contributed by atoms with E-state index >= 15 is 0 Å². The molecule has 1 heterocycles. The normalized spacial score (nSPS) is 15.2. The van der Waals surface area contributed by atoms with Crippen molar-refractivity contribution in [2.75, 3.05) is 18.6 Å². The molecule has 0 unspecified atom stereocenters. The number of ether oxygens (including phenoxy) is 2. The highest BCUT2D eigenvalue weighted by Crippen LogP contribution is 2.30. The van der Waals surface area contributed by atoms with Crippen LogP contribution in [0.15, 0.2) is 42.0 Å². The summed E-state index contributed by atoms with van der Waals surface area (Å²) in [4.78, 5) is 49.9. The van der Waals surface area contributed by atoms with Crippen LogP contribution < -0.4 is 15.0 Å². The zero-order chi connectivity index (χ0) is 22.7. The lowest BCUT2D eigenvalue weighted by Crippen LogP contribution is -2.54. The van der Waals surface area contributed by atoms with E-state index in [1.54, 1.807) is 36.4 Å². The quantitative estimate of drug-likeness (QED) is 0.232. The van der Waals surface area contributed by atoms with Crippen molar-refractivity contribution in [3.05, 3.63) is 60.2 Å². The van der Waals surface area contributed by atoms with E-state index in [1.807, 2.05) is 52.1 Å². The molecule has 10 heteroatoms. The van der Waals surface area contributed by atoms with Gasteiger partial charge < -0.3 is 9.47 Å². The maximum atomic E-state index is 13.0. The number of nitrogens with zero attached hydrogens (tertiary/aromatic N) is 1. The third-order valence-electron chi connectivity index (χ3n) is 4.29. The van der Waals surface area contributed by atoms with Crippen molar-refractivity contribution in [3.8, 4) is 5.75 Å². The highest BCUT2D eigenvalue weighted by atomic mass is 127. The summed E-state index contributed by atoms with van der Waals surface area (Å²) < 4.78 is 11.4. The molecule has 1 fully saturated rings. The molecule has 0 radical (unpaired) electrons. The van der Waals surface area contributed by atoms with Crippen LogP contribution in [0.25, 0.3) is 6.08 Å². The Kier molecular flexibility index (Phi) is 7.30. The number of hydrogen-bond donors (Lipinski definition) is 1. The van der Waals surface area contributed by atoms with Gasteiger partial charge in [-0.15, -0.1) is 0 Å². The molecule has 0 aromatic heterocycles. The molecule has 160 valence electrons. The molecule has 0 saturated carbocycles. The molecule has 1 N–H and O–H groups in total. The van der Waals surface area contributed by atoms with Gasteiger partial charge >= 0.3 is 12.0 Å². The first-order valence-corrected chi connectivity index (χ1v) is 11.0. The molecular weight excluding hydrogens is 630 g/mol. The van der Waals surface area contributed by atoms with Gasteiger partial charge in [-0.1, -0.05) is 17.7 Å². The van der Waals surface area contributed by atoms with E-state index in [4.69, 9.17) is 4.74 Å². The average Bonchev–Trinajstić information content (AvgIpc) is 2.71. The molecule has 1 aliphatic heterocycles. The van der Waals surface area contributed by atoms with Gasteiger partial charge in [0.05, 0.1) is 19.9 Å². The number of imide groups is 2. The molecule has 2 aromatic rings. The fourth-order valence-corrected chi connectivity index (χ4v) is 4.87. The average molecular weight is 646 g/mol. The number of amides is 4. The van der Waals surface area contributed by atoms with Crippen molar-refractivity contribution in [1.29, 1.82) is 0 Å². The number of anilines is 1. The van der Waals surface area contributed by atoms with Gasteiger partial charge in [-0.25, -0.2) is 14.5 Å². The molecule has 0 aliphatic carbocycles. The first-order valence-electron chi connectivity index (χ1n) is 8.88. The van der Waals surface area contributed by atoms with E-state index in [2.05, 4.69) is 10.1 Å². The number of aryl methyl sites for hydroxylation is 1. The Hall–Kier alpha value is -2.48. The molecule has 4 amide bonds. The summed E-state index contributed by atoms with van der Waals surface area (Å²) in [7, 11) is 1.27. The maximum absolute atomic E-state index is 13.0. The number of esters is 1. The number of urea groups is 1. The Morgan fingerprint density at radius 2 is 1.71 bits per heavy atom. The molecule has 0 bridgehead atoms. The zero-order valence-electron chi connectivity index (χ0n) is 16.4. The van der Waals surface area contributed by atoms with Gasteiger partial charge in [-0.2, -0.15) is 0 Å². The van der Waals surface area contributed by atoms with Crippen molar-refractivity contribution in [1.82, 2.24) is 5.32 Å². The van der Waals surface area contributed by atoms with Gasteiger partial charge in [0.1, 0.15) is 11.3 Å². The Labute approximate surface area is 205 Å². The number of carbonyl (C=O) groups excluding carboxylic acids is 4. The molecule has 3 rings (SSSR count). The summed E-state index contributed by atoms with van der Waals surface area (Å²) in [5, 5.41) is 2.20. The Balaban J connectivity index is 1.93. The number of methoxy groups -OCH3 is 1. The van der Waals surface area contributed by atoms with Crippen LogP contribution in [0.2, 0.25) is 0 Å². The van der Waals surface area contributed by atoms with Gasteiger partial charge in [0, 0.05) is 0 Å². The molecule has 2 aromatic carbocycles. The third kappa shape index (κ3) is 5.23. The van der Waals surface area contributed by atoms with Crippen LogP contribution in [0, 0.1) is 14.1 Å². The van der Waals surface area contributed by atoms with Crippen LogP contribution in [-0.2, 0) is 19.1 Å². The summed E-state index contributed by atoms with van der Waals surface area (Å²) >= 11 is 4.07. The van der Waals surface area contributed by atoms with Gasteiger partial charge in [0.25, 0.3) is 11.8 Å². The standard InChI is InChI=1S/C21H16I2N2O6/c1-11-3-5-13(6-4-11)25-20(28)14(19(27)24-21(25)29)7-12-8-15(22)18(16(23)9-12)31-10-17(26)30-2/h3-9H,10H2,1-2H3,(H,24,27,29)/b14-7+. The number of hydrogen-bond acceptors (Lipinski definition) is 6. The van der Waals surface area contributed by atoms with Crippen molar-refractivity contribution in [2.45, 2.75) is 6.92 Å². The summed E-state index contributed by atoms with van der Waals surface area (Å²) in [5.41, 5.74) is 1.73. The summed E-state index contributed by atoms with van der Waals surface area (Å²) in [6.45, 7) is 1.65. The maximum Gasteiger partial charge on any atom is 0.343 e. The topological polar surface area (TPSA) is 102 Å². The minimum absolute atomic E-state index is 0.171. The predicted molar refractivity (Wildman–Crippen MR) is 130 cm³/mol. The van der Waals surface area contributed by atoms with E-state index < -0.39 is 23.8 Å². The van der Waals surface area contributed by atoms with Crippen LogP contribution in [0.4, 0.5) is 10.5 Å². The monoisotopic (exact) mass is 646 g/mol. The number of rotatable bonds is 5. The number of barbiturate groups is 1. The van der Waals surface area contributed by atoms with Gasteiger partial charge in [0.15, 0.2) is 6.61 Å². The highest BCUT2D eigenvalue weighted by Gasteiger charge is 2.36. The van der Waals surface area contributed by atoms with E-state index in [9.17, 15) is 19.2 Å². The van der Waals surface area contributed by atoms with E-state index in [-0.39, 0.29) is 12.2 Å². The Morgan fingerprint density at radius 1 is 1.10 bits per heavy atom. The Morgan fingerprint density at radius 3 is 2.29 bits per heavy atom. The van der Waals surface area contributed by atoms with Crippen LogP contribution in [0.1, 0.15) is 11.1 Å². The summed E-state index contributed by atoms with van der Waals surface area (Å²) in [6.07, 6.45) is 1.42. The van der Waals surface area contributed by atoms with Crippen LogP contribution in [0.3, 0.4) is 0 Å². The first-order chi connectivity index (χ1) is 14.7. The van der Waals surface area contributed by atoms with Gasteiger partial charge in [-0.3, -0.25) is 14.9 Å². The van der Waals surface area contributed by atoms with Crippen LogP contribution in [-0.4, -0.2) is 37.5 Å². The van der Waals surface area contributed by atoms with Crippen molar-refractivity contribution in [2.24, 2.45) is 0 Å². The molecule has 8 nitrogen and oxygen atoms in total. The van der Waals surface area contributed by atoms with E-state index in [0.717, 1.165) is 10.5 Å². The number of benzene rings is 2. The molecule has 1 aliphatic rings. The SMILES string of the molecule is COC(=O)COc1c(I)cc(/C=C2\C(=O)NC(=O)N(c3ccc(C)cc3)C2=O)cc1I. The largest absolute Gasteiger partial charge is 0.480 e. The van der Waals surface area contributed by atoms with E-state index in [0.29, 0.717) is 24.1 Å². The lowest BCUT2D eigenvalue weighted by molar-refractivity contribution is -0.143. The van der Waals surface area contributed by atoms with Crippen molar-refractivity contribution < 1.29 is 28.7 Å². The smallest absolute Gasteiger partial charge is 0.343 e. The predicted octanol–water partition coefficient (Wildman–Crippen LogP) is 3.42. The minimum Gasteiger partial charge on any atom is -0.480 e. The minimum atomic E-state index is -0.799. The fraction of sp³-hybridized carbons (Fsp3) is 0.143. The first kappa shape index (κ1) is 23.2. The summed E-state index contributed by atoms with van der Waals surface area (Å²) in [5.74, 6) is -1.50. The van der Waals surface area contributed by atoms with Gasteiger partial charge in [-0.05, 0) is 88.0 Å². The van der Waals surface area contributed by atoms with Crippen LogP contribution in [0.5, 0.6) is 5.75 Å². The van der Waals surface area contributed by atoms with Crippen molar-refractivity contribution in [3.63, 3.8) is 0 Å². The molecule has 31 heavy (non-hydrogen) atoms. The van der Waals surface area contributed by atoms with Crippen LogP contribution >= 0.6 is 45.2 Å². The van der Waals surface area contributed by atoms with E-state index in [1.165, 1.54) is 13.2 Å². The number of halogens is 2. The second-order valence-electron chi connectivity index (χ2n) is 6.47. The second-order valence-corrected chi connectivity index (χ2v) is 8.80. The lowest BCUT2D eigenvalue weighted by atomic mass is 10.1. The lowest BCUT2D eigenvalue weighted by Gasteiger charge is -2.26. The summed E-state index contributed by atoms with van der Waals surface area (Å²) in [6, 6.07) is 9.43. The molecule has 1 saturated heterocycles. The van der Waals surface area contributed by atoms with Crippen molar-refractivity contribution >= 4 is 80.8 Å². The zero-order valence-corrected chi connectivity index (χ0v) is 20.7. The molecule has 0 spiro atoms. The second kappa shape index (κ2) is 9.77. The third-order valence-corrected chi connectivity index (χ3v) is 5.89. The van der Waals surface area contributed by atoms with Gasteiger partial charge in [0.2, 0.25) is 0 Å². The Bertz CT molecular complexity index is 1090. The number of nitrogens with one attached hydrogen (secondary N) is 1. The highest BCUT2D eigenvalue weighted by molar-refractivity contribution is 14.1.